The maximum Gasteiger partial charge on any atom is 0.123 e. The van der Waals surface area contributed by atoms with Crippen LogP contribution in [0.4, 0.5) is 4.39 Å². The molecule has 0 saturated carbocycles. The van der Waals surface area contributed by atoms with E-state index in [1.54, 1.807) is 13.2 Å². The van der Waals surface area contributed by atoms with E-state index >= 15 is 0 Å². The van der Waals surface area contributed by atoms with E-state index in [4.69, 9.17) is 4.74 Å². The minimum absolute atomic E-state index is 0.218. The van der Waals surface area contributed by atoms with Gasteiger partial charge in [0.25, 0.3) is 0 Å². The molecule has 0 bridgehead atoms. The maximum absolute atomic E-state index is 13.0. The molecule has 0 aromatic heterocycles. The second kappa shape index (κ2) is 4.96. The Morgan fingerprint density at radius 3 is 2.79 bits per heavy atom. The summed E-state index contributed by atoms with van der Waals surface area (Å²) in [6, 6.07) is 4.90. The van der Waals surface area contributed by atoms with Gasteiger partial charge in [0.2, 0.25) is 0 Å². The summed E-state index contributed by atoms with van der Waals surface area (Å²) in [6.07, 6.45) is 0.761. The SMILES string of the molecule is CNC(C)Cc1cc(F)ccc1OC. The normalized spacial score (nSPS) is 12.6. The van der Waals surface area contributed by atoms with Crippen molar-refractivity contribution in [3.8, 4) is 5.75 Å². The van der Waals surface area contributed by atoms with Gasteiger partial charge >= 0.3 is 0 Å². The Labute approximate surface area is 84.1 Å². The van der Waals surface area contributed by atoms with Crippen LogP contribution in [0.1, 0.15) is 12.5 Å². The highest BCUT2D eigenvalue weighted by atomic mass is 19.1. The minimum Gasteiger partial charge on any atom is -0.496 e. The van der Waals surface area contributed by atoms with E-state index in [0.717, 1.165) is 17.7 Å². The number of methoxy groups -OCH3 is 1. The number of rotatable bonds is 4. The molecule has 0 aliphatic carbocycles. The highest BCUT2D eigenvalue weighted by Gasteiger charge is 2.07. The minimum atomic E-state index is -0.218. The van der Waals surface area contributed by atoms with E-state index in [1.807, 2.05) is 14.0 Å². The molecular formula is C11H16FNO. The molecule has 0 aliphatic heterocycles. The van der Waals surface area contributed by atoms with Crippen LogP contribution in [-0.2, 0) is 6.42 Å². The Kier molecular flexibility index (Phi) is 3.89. The molecule has 14 heavy (non-hydrogen) atoms. The van der Waals surface area contributed by atoms with E-state index in [9.17, 15) is 4.39 Å². The molecule has 1 aromatic carbocycles. The van der Waals surface area contributed by atoms with Gasteiger partial charge in [0, 0.05) is 6.04 Å². The Bertz CT molecular complexity index is 301. The molecule has 0 heterocycles. The number of benzene rings is 1. The van der Waals surface area contributed by atoms with Gasteiger partial charge in [-0.3, -0.25) is 0 Å². The summed E-state index contributed by atoms with van der Waals surface area (Å²) in [4.78, 5) is 0. The summed E-state index contributed by atoms with van der Waals surface area (Å²) in [7, 11) is 3.48. The third kappa shape index (κ3) is 2.70. The van der Waals surface area contributed by atoms with Crippen molar-refractivity contribution in [2.24, 2.45) is 0 Å². The number of nitrogens with one attached hydrogen (secondary N) is 1. The molecule has 1 atom stereocenters. The second-order valence-electron chi connectivity index (χ2n) is 3.35. The van der Waals surface area contributed by atoms with Crippen molar-refractivity contribution >= 4 is 0 Å². The molecule has 1 aromatic rings. The van der Waals surface area contributed by atoms with E-state index in [-0.39, 0.29) is 5.82 Å². The number of ether oxygens (including phenoxy) is 1. The van der Waals surface area contributed by atoms with Crippen LogP contribution >= 0.6 is 0 Å². The van der Waals surface area contributed by atoms with Gasteiger partial charge in [-0.1, -0.05) is 0 Å². The van der Waals surface area contributed by atoms with Crippen molar-refractivity contribution < 1.29 is 9.13 Å². The van der Waals surface area contributed by atoms with Crippen molar-refractivity contribution in [3.63, 3.8) is 0 Å². The molecule has 0 spiro atoms. The van der Waals surface area contributed by atoms with Crippen LogP contribution < -0.4 is 10.1 Å². The van der Waals surface area contributed by atoms with Crippen molar-refractivity contribution in [3.05, 3.63) is 29.6 Å². The number of hydrogen-bond acceptors (Lipinski definition) is 2. The molecule has 1 N–H and O–H groups in total. The predicted octanol–water partition coefficient (Wildman–Crippen LogP) is 1.98. The van der Waals surface area contributed by atoms with Crippen LogP contribution in [0.3, 0.4) is 0 Å². The van der Waals surface area contributed by atoms with Crippen LogP contribution in [-0.4, -0.2) is 20.2 Å². The lowest BCUT2D eigenvalue weighted by molar-refractivity contribution is 0.405. The van der Waals surface area contributed by atoms with Gasteiger partial charge in [-0.25, -0.2) is 4.39 Å². The third-order valence-corrected chi connectivity index (χ3v) is 2.26. The average molecular weight is 197 g/mol. The number of hydrogen-bond donors (Lipinski definition) is 1. The highest BCUT2D eigenvalue weighted by Crippen LogP contribution is 2.20. The first-order chi connectivity index (χ1) is 6.67. The summed E-state index contributed by atoms with van der Waals surface area (Å²) in [6.45, 7) is 2.05. The smallest absolute Gasteiger partial charge is 0.123 e. The van der Waals surface area contributed by atoms with Crippen LogP contribution in [0.2, 0.25) is 0 Å². The zero-order valence-electron chi connectivity index (χ0n) is 8.80. The molecule has 0 fully saturated rings. The van der Waals surface area contributed by atoms with Crippen molar-refractivity contribution in [1.29, 1.82) is 0 Å². The Morgan fingerprint density at radius 1 is 1.50 bits per heavy atom. The van der Waals surface area contributed by atoms with Crippen molar-refractivity contribution in [1.82, 2.24) is 5.32 Å². The Morgan fingerprint density at radius 2 is 2.21 bits per heavy atom. The number of likely N-dealkylation sites (N-methyl/N-ethyl adjacent to an activating group) is 1. The van der Waals surface area contributed by atoms with E-state index < -0.39 is 0 Å². The zero-order valence-corrected chi connectivity index (χ0v) is 8.80. The molecule has 1 rings (SSSR count). The van der Waals surface area contributed by atoms with Gasteiger partial charge in [0.05, 0.1) is 7.11 Å². The van der Waals surface area contributed by atoms with Crippen molar-refractivity contribution in [2.45, 2.75) is 19.4 Å². The third-order valence-electron chi connectivity index (χ3n) is 2.26. The molecule has 0 aliphatic rings. The summed E-state index contributed by atoms with van der Waals surface area (Å²) in [5, 5.41) is 3.11. The fourth-order valence-electron chi connectivity index (χ4n) is 1.34. The van der Waals surface area contributed by atoms with Crippen LogP contribution in [0.25, 0.3) is 0 Å². The lowest BCUT2D eigenvalue weighted by Gasteiger charge is -2.13. The summed E-state index contributed by atoms with van der Waals surface area (Å²) >= 11 is 0. The van der Waals surface area contributed by atoms with E-state index in [2.05, 4.69) is 5.32 Å². The average Bonchev–Trinajstić information content (AvgIpc) is 2.18. The topological polar surface area (TPSA) is 21.3 Å². The quantitative estimate of drug-likeness (QED) is 0.797. The summed E-state index contributed by atoms with van der Waals surface area (Å²) in [5.74, 6) is 0.526. The molecule has 0 radical (unpaired) electrons. The molecule has 2 nitrogen and oxygen atoms in total. The monoisotopic (exact) mass is 197 g/mol. The van der Waals surface area contributed by atoms with Gasteiger partial charge in [-0.15, -0.1) is 0 Å². The molecule has 1 unspecified atom stereocenters. The molecule has 78 valence electrons. The lowest BCUT2D eigenvalue weighted by Crippen LogP contribution is -2.23. The van der Waals surface area contributed by atoms with Gasteiger partial charge < -0.3 is 10.1 Å². The molecule has 0 saturated heterocycles. The van der Waals surface area contributed by atoms with Crippen LogP contribution in [0.15, 0.2) is 18.2 Å². The molecule has 3 heteroatoms. The van der Waals surface area contributed by atoms with Crippen molar-refractivity contribution in [2.75, 3.05) is 14.2 Å². The van der Waals surface area contributed by atoms with E-state index in [0.29, 0.717) is 6.04 Å². The Hall–Kier alpha value is -1.09. The Balaban J connectivity index is 2.87. The van der Waals surface area contributed by atoms with Gasteiger partial charge in [-0.2, -0.15) is 0 Å². The summed E-state index contributed by atoms with van der Waals surface area (Å²) < 4.78 is 18.1. The zero-order chi connectivity index (χ0) is 10.6. The lowest BCUT2D eigenvalue weighted by atomic mass is 10.1. The molecular weight excluding hydrogens is 181 g/mol. The predicted molar refractivity (Wildman–Crippen MR) is 55.2 cm³/mol. The maximum atomic E-state index is 13.0. The van der Waals surface area contributed by atoms with E-state index in [1.165, 1.54) is 12.1 Å². The van der Waals surface area contributed by atoms with Gasteiger partial charge in [0.1, 0.15) is 11.6 Å². The largest absolute Gasteiger partial charge is 0.496 e. The fraction of sp³-hybridized carbons (Fsp3) is 0.455. The number of halogens is 1. The highest BCUT2D eigenvalue weighted by molar-refractivity contribution is 5.34. The van der Waals surface area contributed by atoms with Gasteiger partial charge in [-0.05, 0) is 44.2 Å². The standard InChI is InChI=1S/C11H16FNO/c1-8(13-2)6-9-7-10(12)4-5-11(9)14-3/h4-5,7-8,13H,6H2,1-3H3. The first-order valence-corrected chi connectivity index (χ1v) is 4.67. The first kappa shape index (κ1) is 11.0. The van der Waals surface area contributed by atoms with Crippen LogP contribution in [0, 0.1) is 5.82 Å². The molecule has 0 amide bonds. The fourth-order valence-corrected chi connectivity index (χ4v) is 1.34. The van der Waals surface area contributed by atoms with Crippen LogP contribution in [0.5, 0.6) is 5.75 Å². The van der Waals surface area contributed by atoms with Gasteiger partial charge in [0.15, 0.2) is 0 Å². The second-order valence-corrected chi connectivity index (χ2v) is 3.35. The summed E-state index contributed by atoms with van der Waals surface area (Å²) in [5.41, 5.74) is 0.898. The first-order valence-electron chi connectivity index (χ1n) is 4.67.